The van der Waals surface area contributed by atoms with E-state index in [1.54, 1.807) is 0 Å². The number of aryl methyl sites for hydroxylation is 1. The van der Waals surface area contributed by atoms with Crippen molar-refractivity contribution in [3.05, 3.63) is 28.5 Å². The van der Waals surface area contributed by atoms with Gasteiger partial charge < -0.3 is 5.73 Å². The normalized spacial score (nSPS) is 25.0. The van der Waals surface area contributed by atoms with Crippen LogP contribution in [0.4, 0.5) is 0 Å². The lowest BCUT2D eigenvalue weighted by atomic mass is 9.87. The van der Waals surface area contributed by atoms with E-state index in [1.165, 1.54) is 18.4 Å². The van der Waals surface area contributed by atoms with Crippen LogP contribution in [0.2, 0.25) is 5.15 Å². The first-order chi connectivity index (χ1) is 7.07. The summed E-state index contributed by atoms with van der Waals surface area (Å²) in [5.41, 5.74) is 9.00. The van der Waals surface area contributed by atoms with Crippen molar-refractivity contribution in [3.63, 3.8) is 0 Å². The summed E-state index contributed by atoms with van der Waals surface area (Å²) in [5, 5.41) is 0.608. The first-order valence-corrected chi connectivity index (χ1v) is 5.87. The van der Waals surface area contributed by atoms with E-state index in [9.17, 15) is 0 Å². The maximum atomic E-state index is 6.35. The SMILES string of the molecule is Cc1cc(C2(C3(N)CC3)CC2)cnc1Cl. The minimum absolute atomic E-state index is 0.0644. The lowest BCUT2D eigenvalue weighted by molar-refractivity contribution is 0.501. The number of aromatic nitrogens is 1. The van der Waals surface area contributed by atoms with Crippen LogP contribution in [0.3, 0.4) is 0 Å². The number of hydrogen-bond donors (Lipinski definition) is 1. The zero-order valence-corrected chi connectivity index (χ0v) is 9.64. The number of nitrogens with two attached hydrogens (primary N) is 1. The minimum atomic E-state index is 0.0644. The van der Waals surface area contributed by atoms with E-state index in [1.807, 2.05) is 13.1 Å². The van der Waals surface area contributed by atoms with Crippen molar-refractivity contribution >= 4 is 11.6 Å². The second-order valence-electron chi connectivity index (χ2n) is 5.07. The van der Waals surface area contributed by atoms with E-state index < -0.39 is 0 Å². The molecule has 2 aliphatic rings. The average Bonchev–Trinajstić information content (AvgIpc) is 3.05. The van der Waals surface area contributed by atoms with E-state index >= 15 is 0 Å². The fourth-order valence-corrected chi connectivity index (χ4v) is 2.74. The molecule has 80 valence electrons. The van der Waals surface area contributed by atoms with Gasteiger partial charge >= 0.3 is 0 Å². The Morgan fingerprint density at radius 2 is 2.00 bits per heavy atom. The lowest BCUT2D eigenvalue weighted by Gasteiger charge is -2.23. The first-order valence-electron chi connectivity index (χ1n) is 5.49. The van der Waals surface area contributed by atoms with Gasteiger partial charge in [-0.15, -0.1) is 0 Å². The summed E-state index contributed by atoms with van der Waals surface area (Å²) in [5.74, 6) is 0. The van der Waals surface area contributed by atoms with Gasteiger partial charge in [0.25, 0.3) is 0 Å². The van der Waals surface area contributed by atoms with Crippen LogP contribution in [0.25, 0.3) is 0 Å². The van der Waals surface area contributed by atoms with Gasteiger partial charge in [0.15, 0.2) is 0 Å². The third-order valence-electron chi connectivity index (χ3n) is 4.06. The molecule has 0 saturated heterocycles. The van der Waals surface area contributed by atoms with Crippen LogP contribution in [0.5, 0.6) is 0 Å². The molecule has 2 saturated carbocycles. The van der Waals surface area contributed by atoms with Gasteiger partial charge in [-0.05, 0) is 43.7 Å². The van der Waals surface area contributed by atoms with E-state index in [0.717, 1.165) is 18.4 Å². The summed E-state index contributed by atoms with van der Waals surface area (Å²) in [6.07, 6.45) is 6.66. The van der Waals surface area contributed by atoms with Gasteiger partial charge in [-0.1, -0.05) is 17.7 Å². The quantitative estimate of drug-likeness (QED) is 0.782. The third-order valence-corrected chi connectivity index (χ3v) is 4.45. The summed E-state index contributed by atoms with van der Waals surface area (Å²) in [6, 6.07) is 2.16. The van der Waals surface area contributed by atoms with Gasteiger partial charge in [0.2, 0.25) is 0 Å². The van der Waals surface area contributed by atoms with Crippen LogP contribution in [-0.2, 0) is 5.41 Å². The van der Waals surface area contributed by atoms with Crippen LogP contribution >= 0.6 is 11.6 Å². The monoisotopic (exact) mass is 222 g/mol. The fraction of sp³-hybridized carbons (Fsp3) is 0.583. The van der Waals surface area contributed by atoms with Crippen LogP contribution in [0.1, 0.15) is 36.8 Å². The van der Waals surface area contributed by atoms with Gasteiger partial charge in [0, 0.05) is 17.2 Å². The molecule has 0 bridgehead atoms. The Bertz CT molecular complexity index is 420. The van der Waals surface area contributed by atoms with Gasteiger partial charge in [0.05, 0.1) is 0 Å². The molecule has 2 nitrogen and oxygen atoms in total. The Hall–Kier alpha value is -0.600. The Labute approximate surface area is 94.8 Å². The summed E-state index contributed by atoms with van der Waals surface area (Å²) >= 11 is 5.94. The molecule has 1 aromatic heterocycles. The Morgan fingerprint density at radius 3 is 2.47 bits per heavy atom. The maximum Gasteiger partial charge on any atom is 0.131 e. The molecule has 3 rings (SSSR count). The molecular formula is C12H15ClN2. The first kappa shape index (κ1) is 9.61. The highest BCUT2D eigenvalue weighted by Crippen LogP contribution is 2.63. The zero-order chi connectivity index (χ0) is 10.7. The Morgan fingerprint density at radius 1 is 1.33 bits per heavy atom. The summed E-state index contributed by atoms with van der Waals surface area (Å²) in [6.45, 7) is 2.00. The smallest absolute Gasteiger partial charge is 0.131 e. The minimum Gasteiger partial charge on any atom is -0.324 e. The number of nitrogens with zero attached hydrogens (tertiary/aromatic N) is 1. The van der Waals surface area contributed by atoms with Crippen LogP contribution in [0, 0.1) is 6.92 Å². The molecule has 3 heteroatoms. The van der Waals surface area contributed by atoms with Crippen molar-refractivity contribution in [2.24, 2.45) is 5.73 Å². The van der Waals surface area contributed by atoms with Gasteiger partial charge in [0.1, 0.15) is 5.15 Å². The van der Waals surface area contributed by atoms with Crippen LogP contribution in [-0.4, -0.2) is 10.5 Å². The standard InChI is InChI=1S/C12H15ClN2/c1-8-6-9(7-15-10(8)13)11(2-3-11)12(14)4-5-12/h6-7H,2-5,14H2,1H3. The van der Waals surface area contributed by atoms with Gasteiger partial charge in [-0.25, -0.2) is 4.98 Å². The zero-order valence-electron chi connectivity index (χ0n) is 8.89. The number of pyridine rings is 1. The molecule has 0 amide bonds. The highest BCUT2D eigenvalue weighted by Gasteiger charge is 2.64. The maximum absolute atomic E-state index is 6.35. The Kier molecular flexibility index (Phi) is 1.76. The van der Waals surface area contributed by atoms with Crippen molar-refractivity contribution < 1.29 is 0 Å². The van der Waals surface area contributed by atoms with E-state index in [2.05, 4.69) is 11.1 Å². The molecule has 15 heavy (non-hydrogen) atoms. The van der Waals surface area contributed by atoms with Crippen molar-refractivity contribution in [2.75, 3.05) is 0 Å². The van der Waals surface area contributed by atoms with Crippen molar-refractivity contribution in [2.45, 2.75) is 43.6 Å². The molecule has 2 fully saturated rings. The fourth-order valence-electron chi connectivity index (χ4n) is 2.63. The second kappa shape index (κ2) is 2.74. The van der Waals surface area contributed by atoms with Crippen molar-refractivity contribution in [1.82, 2.24) is 4.98 Å². The molecular weight excluding hydrogens is 208 g/mol. The molecule has 1 aromatic rings. The predicted molar refractivity (Wildman–Crippen MR) is 61.0 cm³/mol. The number of hydrogen-bond acceptors (Lipinski definition) is 2. The molecule has 0 unspecified atom stereocenters. The molecule has 0 atom stereocenters. The topological polar surface area (TPSA) is 38.9 Å². The highest BCUT2D eigenvalue weighted by molar-refractivity contribution is 6.30. The predicted octanol–water partition coefficient (Wildman–Crippen LogP) is 2.57. The largest absolute Gasteiger partial charge is 0.324 e. The molecule has 0 spiro atoms. The van der Waals surface area contributed by atoms with E-state index in [4.69, 9.17) is 17.3 Å². The van der Waals surface area contributed by atoms with E-state index in [-0.39, 0.29) is 11.0 Å². The van der Waals surface area contributed by atoms with Gasteiger partial charge in [-0.2, -0.15) is 0 Å². The van der Waals surface area contributed by atoms with Crippen LogP contribution in [0.15, 0.2) is 12.3 Å². The highest BCUT2D eigenvalue weighted by atomic mass is 35.5. The average molecular weight is 223 g/mol. The van der Waals surface area contributed by atoms with Crippen molar-refractivity contribution in [3.8, 4) is 0 Å². The molecule has 1 heterocycles. The summed E-state index contributed by atoms with van der Waals surface area (Å²) in [4.78, 5) is 4.24. The molecule has 0 radical (unpaired) electrons. The molecule has 2 aliphatic carbocycles. The number of halogens is 1. The summed E-state index contributed by atoms with van der Waals surface area (Å²) < 4.78 is 0. The lowest BCUT2D eigenvalue weighted by Crippen LogP contribution is -2.37. The third kappa shape index (κ3) is 1.25. The Balaban J connectivity index is 2.03. The number of rotatable bonds is 2. The van der Waals surface area contributed by atoms with Gasteiger partial charge in [-0.3, -0.25) is 0 Å². The molecule has 0 aromatic carbocycles. The van der Waals surface area contributed by atoms with Crippen molar-refractivity contribution in [1.29, 1.82) is 0 Å². The van der Waals surface area contributed by atoms with Crippen LogP contribution < -0.4 is 5.73 Å². The summed E-state index contributed by atoms with van der Waals surface area (Å²) in [7, 11) is 0. The van der Waals surface area contributed by atoms with E-state index in [0.29, 0.717) is 5.15 Å². The second-order valence-corrected chi connectivity index (χ2v) is 5.43. The molecule has 0 aliphatic heterocycles. The molecule has 2 N–H and O–H groups in total.